The van der Waals surface area contributed by atoms with Gasteiger partial charge in [0.1, 0.15) is 0 Å². The molecule has 2 aromatic carbocycles. The Morgan fingerprint density at radius 2 is 1.88 bits per heavy atom. The molecule has 4 atom stereocenters. The fraction of sp³-hybridized carbons (Fsp3) is 0.333. The third kappa shape index (κ3) is 3.17. The molecule has 5 rings (SSSR count). The molecule has 0 bridgehead atoms. The molecule has 32 heavy (non-hydrogen) atoms. The largest absolute Gasteiger partial charge is 0.505 e. The molecule has 0 unspecified atom stereocenters. The molecule has 2 N–H and O–H groups in total. The van der Waals surface area contributed by atoms with E-state index in [0.717, 1.165) is 5.57 Å². The summed E-state index contributed by atoms with van der Waals surface area (Å²) in [7, 11) is -1.24. The molecule has 0 aromatic heterocycles. The number of amides is 2. The monoisotopic (exact) mass is 435 g/mol. The number of anilines is 1. The first kappa shape index (κ1) is 20.9. The van der Waals surface area contributed by atoms with Gasteiger partial charge in [0.05, 0.1) is 23.6 Å². The maximum atomic E-state index is 14.0. The number of allylic oxidation sites excluding steroid dienone is 2. The van der Waals surface area contributed by atoms with Gasteiger partial charge < -0.3 is 14.8 Å². The first-order chi connectivity index (χ1) is 15.4. The molecule has 164 valence electrons. The number of carbonyl (C=O) groups excluding carboxylic acids is 2. The van der Waals surface area contributed by atoms with Crippen molar-refractivity contribution in [2.24, 2.45) is 17.8 Å². The van der Waals surface area contributed by atoms with Crippen LogP contribution in [0.5, 0.6) is 5.75 Å². The van der Waals surface area contributed by atoms with E-state index in [1.54, 1.807) is 30.3 Å². The molecule has 0 radical (unpaired) electrons. The fourth-order valence-electron chi connectivity index (χ4n) is 5.52. The van der Waals surface area contributed by atoms with Gasteiger partial charge >= 0.3 is 7.12 Å². The van der Waals surface area contributed by atoms with Gasteiger partial charge in [-0.3, -0.25) is 14.5 Å². The highest BCUT2D eigenvalue weighted by molar-refractivity contribution is 6.53. The second-order valence-electron chi connectivity index (χ2n) is 8.63. The summed E-state index contributed by atoms with van der Waals surface area (Å²) in [4.78, 5) is 28.1. The van der Waals surface area contributed by atoms with Crippen LogP contribution in [-0.4, -0.2) is 29.1 Å². The van der Waals surface area contributed by atoms with E-state index >= 15 is 0 Å². The molecule has 2 aromatic rings. The molecule has 2 fully saturated rings. The summed E-state index contributed by atoms with van der Waals surface area (Å²) in [6.07, 6.45) is 0.725. The highest BCUT2D eigenvalue weighted by atomic mass is 19.1. The van der Waals surface area contributed by atoms with Crippen LogP contribution in [0.2, 0.25) is 0 Å². The maximum absolute atomic E-state index is 14.0. The van der Waals surface area contributed by atoms with Crippen molar-refractivity contribution in [3.8, 4) is 5.75 Å². The number of imide groups is 1. The van der Waals surface area contributed by atoms with Crippen molar-refractivity contribution in [1.29, 1.82) is 0 Å². The van der Waals surface area contributed by atoms with Crippen molar-refractivity contribution >= 4 is 24.6 Å². The SMILES string of the molecule is CCC1=C2B(O)O[C@H](c3ccc(O)c(F)c3)C[C@H]2[C@H]2C(=O)N(c3ccccc3)C(=O)[C@H]2C1. The molecule has 0 saturated carbocycles. The van der Waals surface area contributed by atoms with Crippen LogP contribution in [-0.2, 0) is 14.2 Å². The average Bonchev–Trinajstić information content (AvgIpc) is 3.05. The number of para-hydroxylation sites is 1. The van der Waals surface area contributed by atoms with E-state index < -0.39 is 36.6 Å². The Labute approximate surface area is 185 Å². The first-order valence-corrected chi connectivity index (χ1v) is 10.9. The van der Waals surface area contributed by atoms with E-state index in [-0.39, 0.29) is 17.7 Å². The molecule has 2 aliphatic heterocycles. The van der Waals surface area contributed by atoms with Crippen LogP contribution in [0.3, 0.4) is 0 Å². The van der Waals surface area contributed by atoms with Gasteiger partial charge in [0, 0.05) is 0 Å². The van der Waals surface area contributed by atoms with Crippen LogP contribution in [0, 0.1) is 23.6 Å². The lowest BCUT2D eigenvalue weighted by atomic mass is 9.55. The second-order valence-corrected chi connectivity index (χ2v) is 8.63. The Kier molecular flexibility index (Phi) is 5.14. The number of rotatable bonds is 3. The predicted molar refractivity (Wildman–Crippen MR) is 116 cm³/mol. The Morgan fingerprint density at radius 1 is 1.12 bits per heavy atom. The highest BCUT2D eigenvalue weighted by Gasteiger charge is 2.57. The zero-order valence-electron chi connectivity index (χ0n) is 17.6. The summed E-state index contributed by atoms with van der Waals surface area (Å²) in [6.45, 7) is 1.96. The lowest BCUT2D eigenvalue weighted by Crippen LogP contribution is -2.44. The predicted octanol–water partition coefficient (Wildman–Crippen LogP) is 3.54. The van der Waals surface area contributed by atoms with Gasteiger partial charge in [-0.1, -0.05) is 36.8 Å². The lowest BCUT2D eigenvalue weighted by molar-refractivity contribution is -0.123. The number of hydrogen-bond donors (Lipinski definition) is 2. The van der Waals surface area contributed by atoms with Crippen LogP contribution in [0.4, 0.5) is 10.1 Å². The Hall–Kier alpha value is -2.97. The van der Waals surface area contributed by atoms with Gasteiger partial charge in [0.15, 0.2) is 11.6 Å². The maximum Gasteiger partial charge on any atom is 0.487 e. The van der Waals surface area contributed by atoms with Crippen molar-refractivity contribution in [1.82, 2.24) is 0 Å². The number of nitrogens with zero attached hydrogens (tertiary/aromatic N) is 1. The van der Waals surface area contributed by atoms with Gasteiger partial charge in [0.2, 0.25) is 11.8 Å². The smallest absolute Gasteiger partial charge is 0.487 e. The molecule has 0 spiro atoms. The number of benzene rings is 2. The van der Waals surface area contributed by atoms with Crippen LogP contribution >= 0.6 is 0 Å². The van der Waals surface area contributed by atoms with Crippen LogP contribution in [0.25, 0.3) is 0 Å². The zero-order valence-corrected chi connectivity index (χ0v) is 17.6. The minimum absolute atomic E-state index is 0.218. The highest BCUT2D eigenvalue weighted by Crippen LogP contribution is 2.52. The Bertz CT molecular complexity index is 1120. The summed E-state index contributed by atoms with van der Waals surface area (Å²) in [5.74, 6) is -3.21. The molecule has 8 heteroatoms. The summed E-state index contributed by atoms with van der Waals surface area (Å²) in [6, 6.07) is 12.8. The standard InChI is InChI=1S/C24H23BFNO5/c1-2-13-10-17-21(24(30)27(23(17)29)15-6-4-3-5-7-15)16-12-20(32-25(31)22(13)16)14-8-9-19(28)18(26)11-14/h3-9,11,16-17,20-21,28,31H,2,10,12H2,1H3/t16-,17-,20-,21+/m0/s1. The van der Waals surface area contributed by atoms with Gasteiger partial charge in [0.25, 0.3) is 0 Å². The minimum Gasteiger partial charge on any atom is -0.505 e. The van der Waals surface area contributed by atoms with E-state index in [4.69, 9.17) is 4.65 Å². The van der Waals surface area contributed by atoms with Crippen molar-refractivity contribution in [2.75, 3.05) is 4.90 Å². The molecule has 2 saturated heterocycles. The quantitative estimate of drug-likeness (QED) is 0.569. The van der Waals surface area contributed by atoms with Gasteiger partial charge in [-0.25, -0.2) is 4.39 Å². The molecule has 3 aliphatic rings. The number of aromatic hydroxyl groups is 1. The first-order valence-electron chi connectivity index (χ1n) is 10.9. The van der Waals surface area contributed by atoms with Crippen LogP contribution in [0.1, 0.15) is 37.9 Å². The van der Waals surface area contributed by atoms with E-state index in [1.807, 2.05) is 13.0 Å². The number of carbonyl (C=O) groups is 2. The van der Waals surface area contributed by atoms with E-state index in [1.165, 1.54) is 17.0 Å². The third-order valence-electron chi connectivity index (χ3n) is 7.00. The molecule has 1 aliphatic carbocycles. The second kappa shape index (κ2) is 7.87. The molecule has 6 nitrogen and oxygen atoms in total. The van der Waals surface area contributed by atoms with Crippen molar-refractivity contribution in [3.05, 3.63) is 71.0 Å². The van der Waals surface area contributed by atoms with Crippen LogP contribution < -0.4 is 4.90 Å². The summed E-state index contributed by atoms with van der Waals surface area (Å²) < 4.78 is 19.8. The summed E-state index contributed by atoms with van der Waals surface area (Å²) in [5.41, 5.74) is 2.63. The topological polar surface area (TPSA) is 87.1 Å². The molecular formula is C24H23BFNO5. The van der Waals surface area contributed by atoms with Crippen LogP contribution in [0.15, 0.2) is 59.6 Å². The molecular weight excluding hydrogens is 412 g/mol. The minimum atomic E-state index is -1.24. The number of phenolic OH excluding ortho intramolecular Hbond substituents is 1. The van der Waals surface area contributed by atoms with Gasteiger partial charge in [-0.15, -0.1) is 0 Å². The van der Waals surface area contributed by atoms with E-state index in [2.05, 4.69) is 0 Å². The normalized spacial score (nSPS) is 27.6. The summed E-state index contributed by atoms with van der Waals surface area (Å²) >= 11 is 0. The van der Waals surface area contributed by atoms with Crippen molar-refractivity contribution in [3.63, 3.8) is 0 Å². The lowest BCUT2D eigenvalue weighted by Gasteiger charge is -2.42. The fourth-order valence-corrected chi connectivity index (χ4v) is 5.52. The Balaban J connectivity index is 1.54. The number of phenols is 1. The zero-order chi connectivity index (χ0) is 22.6. The Morgan fingerprint density at radius 3 is 2.56 bits per heavy atom. The third-order valence-corrected chi connectivity index (χ3v) is 7.00. The van der Waals surface area contributed by atoms with E-state index in [9.17, 15) is 24.1 Å². The summed E-state index contributed by atoms with van der Waals surface area (Å²) in [5, 5.41) is 20.4. The number of halogens is 1. The number of fused-ring (bicyclic) bond motifs is 3. The van der Waals surface area contributed by atoms with E-state index in [0.29, 0.717) is 36.0 Å². The number of hydrogen-bond acceptors (Lipinski definition) is 5. The van der Waals surface area contributed by atoms with Crippen molar-refractivity contribution in [2.45, 2.75) is 32.3 Å². The van der Waals surface area contributed by atoms with Gasteiger partial charge in [-0.05, 0) is 60.5 Å². The van der Waals surface area contributed by atoms with Crippen molar-refractivity contribution < 1.29 is 28.8 Å². The molecule has 2 amide bonds. The van der Waals surface area contributed by atoms with Gasteiger partial charge in [-0.2, -0.15) is 0 Å². The average molecular weight is 435 g/mol. The molecule has 2 heterocycles.